The Kier molecular flexibility index (Phi) is 5.76. The van der Waals surface area contributed by atoms with E-state index in [-0.39, 0.29) is 5.82 Å². The third-order valence-corrected chi connectivity index (χ3v) is 2.63. The van der Waals surface area contributed by atoms with Gasteiger partial charge in [-0.3, -0.25) is 35.3 Å². The van der Waals surface area contributed by atoms with Crippen LogP contribution in [0.25, 0.3) is 0 Å². The Morgan fingerprint density at radius 3 is 1.83 bits per heavy atom. The summed E-state index contributed by atoms with van der Waals surface area (Å²) in [5.41, 5.74) is -2.36. The van der Waals surface area contributed by atoms with Crippen molar-refractivity contribution in [2.24, 2.45) is 0 Å². The first kappa shape index (κ1) is 18.3. The van der Waals surface area contributed by atoms with E-state index in [1.807, 2.05) is 0 Å². The third kappa shape index (κ3) is 4.40. The van der Waals surface area contributed by atoms with E-state index in [4.69, 9.17) is 5.11 Å². The van der Waals surface area contributed by atoms with Crippen molar-refractivity contribution in [3.05, 3.63) is 72.3 Å². The van der Waals surface area contributed by atoms with Gasteiger partial charge in [0.25, 0.3) is 11.4 Å². The van der Waals surface area contributed by atoms with Crippen molar-refractivity contribution in [2.75, 3.05) is 0 Å². The Labute approximate surface area is 132 Å². The molecule has 1 N–H and O–H groups in total. The normalized spacial score (nSPS) is 9.58. The quantitative estimate of drug-likeness (QED) is 0.658. The Bertz CT molecular complexity index is 756. The molecule has 12 heteroatoms. The second-order valence-corrected chi connectivity index (χ2v) is 4.23. The number of phenols is 1. The van der Waals surface area contributed by atoms with E-state index < -0.39 is 37.6 Å². The minimum absolute atomic E-state index is 0.243. The fourth-order valence-corrected chi connectivity index (χ4v) is 1.42. The monoisotopic (exact) mass is 340 g/mol. The molecule has 0 bridgehead atoms. The van der Waals surface area contributed by atoms with Crippen LogP contribution < -0.4 is 0 Å². The molecular formula is C12H9FN4O7. The number of hydrogen-bond donors (Lipinski definition) is 1. The standard InChI is InChI=1S/C6H6FN.C6H3N3O7/c1-5-2-3-8-4-6(5)7;10-6-4(8(13)14)1-3(7(11)12)2-5(6)9(15)16/h2-4H,1H3;1-2,10H. The highest BCUT2D eigenvalue weighted by molar-refractivity contribution is 5.64. The Morgan fingerprint density at radius 1 is 1.04 bits per heavy atom. The number of hydrogen-bond acceptors (Lipinski definition) is 8. The number of phenolic OH excluding ortho intramolecular Hbond substituents is 1. The Balaban J connectivity index is 0.000000300. The van der Waals surface area contributed by atoms with E-state index in [2.05, 4.69) is 4.98 Å². The topological polar surface area (TPSA) is 163 Å². The maximum absolute atomic E-state index is 12.3. The van der Waals surface area contributed by atoms with Gasteiger partial charge in [0.15, 0.2) is 0 Å². The number of aryl methyl sites for hydroxylation is 1. The van der Waals surface area contributed by atoms with Crippen LogP contribution in [0, 0.1) is 43.1 Å². The van der Waals surface area contributed by atoms with Crippen molar-refractivity contribution in [3.8, 4) is 5.75 Å². The average molecular weight is 340 g/mol. The average Bonchev–Trinajstić information content (AvgIpc) is 2.50. The van der Waals surface area contributed by atoms with Crippen molar-refractivity contribution in [1.29, 1.82) is 0 Å². The molecule has 0 fully saturated rings. The maximum atomic E-state index is 12.3. The van der Waals surface area contributed by atoms with E-state index >= 15 is 0 Å². The number of non-ortho nitro benzene ring substituents is 1. The van der Waals surface area contributed by atoms with Crippen LogP contribution in [-0.4, -0.2) is 24.9 Å². The van der Waals surface area contributed by atoms with Crippen LogP contribution in [0.1, 0.15) is 5.56 Å². The summed E-state index contributed by atoms with van der Waals surface area (Å²) < 4.78 is 12.3. The fourth-order valence-electron chi connectivity index (χ4n) is 1.42. The van der Waals surface area contributed by atoms with Crippen LogP contribution in [0.15, 0.2) is 30.6 Å². The summed E-state index contributed by atoms with van der Waals surface area (Å²) >= 11 is 0. The number of benzene rings is 1. The van der Waals surface area contributed by atoms with Gasteiger partial charge in [0, 0.05) is 6.20 Å². The number of halogens is 1. The molecule has 0 aliphatic rings. The molecule has 11 nitrogen and oxygen atoms in total. The van der Waals surface area contributed by atoms with Gasteiger partial charge in [-0.05, 0) is 18.6 Å². The van der Waals surface area contributed by atoms with Crippen LogP contribution in [0.4, 0.5) is 21.5 Å². The van der Waals surface area contributed by atoms with Crippen molar-refractivity contribution < 1.29 is 24.3 Å². The molecular weight excluding hydrogens is 331 g/mol. The number of pyridine rings is 1. The number of nitro benzene ring substituents is 3. The van der Waals surface area contributed by atoms with E-state index in [1.165, 1.54) is 6.20 Å². The summed E-state index contributed by atoms with van der Waals surface area (Å²) in [4.78, 5) is 31.3. The Morgan fingerprint density at radius 2 is 1.54 bits per heavy atom. The molecule has 1 aromatic heterocycles. The molecule has 0 aliphatic carbocycles. The van der Waals surface area contributed by atoms with Gasteiger partial charge in [-0.2, -0.15) is 0 Å². The second kappa shape index (κ2) is 7.53. The van der Waals surface area contributed by atoms with Crippen LogP contribution in [-0.2, 0) is 0 Å². The predicted molar refractivity (Wildman–Crippen MR) is 77.0 cm³/mol. The van der Waals surface area contributed by atoms with Gasteiger partial charge < -0.3 is 5.11 Å². The van der Waals surface area contributed by atoms with Crippen LogP contribution in [0.2, 0.25) is 0 Å². The summed E-state index contributed by atoms with van der Waals surface area (Å²) in [7, 11) is 0. The molecule has 1 heterocycles. The first-order chi connectivity index (χ1) is 11.1. The fraction of sp³-hybridized carbons (Fsp3) is 0.0833. The minimum atomic E-state index is -1.21. The second-order valence-electron chi connectivity index (χ2n) is 4.23. The van der Waals surface area contributed by atoms with Gasteiger partial charge >= 0.3 is 11.4 Å². The molecule has 2 rings (SSSR count). The lowest BCUT2D eigenvalue weighted by Crippen LogP contribution is -1.97. The van der Waals surface area contributed by atoms with Crippen LogP contribution in [0.5, 0.6) is 5.75 Å². The molecule has 1 aromatic carbocycles. The van der Waals surface area contributed by atoms with Gasteiger partial charge in [0.2, 0.25) is 0 Å². The van der Waals surface area contributed by atoms with E-state index in [0.717, 1.165) is 0 Å². The highest BCUT2D eigenvalue weighted by Gasteiger charge is 2.30. The summed E-state index contributed by atoms with van der Waals surface area (Å²) in [5, 5.41) is 40.2. The van der Waals surface area contributed by atoms with E-state index in [1.54, 1.807) is 19.2 Å². The molecule has 2 aromatic rings. The van der Waals surface area contributed by atoms with Crippen molar-refractivity contribution in [2.45, 2.75) is 6.92 Å². The zero-order valence-corrected chi connectivity index (χ0v) is 12.0. The lowest BCUT2D eigenvalue weighted by molar-refractivity contribution is -0.404. The van der Waals surface area contributed by atoms with Crippen molar-refractivity contribution in [3.63, 3.8) is 0 Å². The number of aromatic hydroxyl groups is 1. The van der Waals surface area contributed by atoms with E-state index in [9.17, 15) is 34.7 Å². The lowest BCUT2D eigenvalue weighted by atomic mass is 10.2. The predicted octanol–water partition coefficient (Wildman–Crippen LogP) is 2.65. The van der Waals surface area contributed by atoms with Gasteiger partial charge in [0.05, 0.1) is 33.1 Å². The molecule has 0 atom stereocenters. The molecule has 0 amide bonds. The third-order valence-electron chi connectivity index (χ3n) is 2.63. The molecule has 126 valence electrons. The Hall–Kier alpha value is -3.70. The number of nitro groups is 3. The molecule has 0 aliphatic heterocycles. The molecule has 0 saturated carbocycles. The summed E-state index contributed by atoms with van der Waals surface area (Å²) in [6.45, 7) is 1.71. The summed E-state index contributed by atoms with van der Waals surface area (Å²) in [6, 6.07) is 2.53. The molecule has 24 heavy (non-hydrogen) atoms. The minimum Gasteiger partial charge on any atom is -0.497 e. The maximum Gasteiger partial charge on any atom is 0.324 e. The molecule has 0 radical (unpaired) electrons. The highest BCUT2D eigenvalue weighted by Crippen LogP contribution is 2.38. The van der Waals surface area contributed by atoms with Gasteiger partial charge in [-0.15, -0.1) is 0 Å². The van der Waals surface area contributed by atoms with Crippen LogP contribution >= 0.6 is 0 Å². The van der Waals surface area contributed by atoms with Gasteiger partial charge in [-0.1, -0.05) is 0 Å². The van der Waals surface area contributed by atoms with Crippen molar-refractivity contribution in [1.82, 2.24) is 4.98 Å². The lowest BCUT2D eigenvalue weighted by Gasteiger charge is -1.97. The van der Waals surface area contributed by atoms with Gasteiger partial charge in [-0.25, -0.2) is 4.39 Å². The SMILES string of the molecule is Cc1ccncc1F.O=[N+]([O-])c1cc([N+](=O)[O-])c(O)c([N+](=O)[O-])c1. The number of rotatable bonds is 3. The highest BCUT2D eigenvalue weighted by atomic mass is 19.1. The smallest absolute Gasteiger partial charge is 0.324 e. The molecule has 0 saturated heterocycles. The molecule has 0 unspecified atom stereocenters. The van der Waals surface area contributed by atoms with Crippen molar-refractivity contribution >= 4 is 17.1 Å². The largest absolute Gasteiger partial charge is 0.497 e. The first-order valence-electron chi connectivity index (χ1n) is 6.01. The summed E-state index contributed by atoms with van der Waals surface area (Å²) in [5.74, 6) is -1.45. The number of aromatic nitrogens is 1. The van der Waals surface area contributed by atoms with Gasteiger partial charge in [0.1, 0.15) is 5.82 Å². The number of nitrogens with zero attached hydrogens (tertiary/aromatic N) is 4. The molecule has 0 spiro atoms. The first-order valence-corrected chi connectivity index (χ1v) is 6.01. The zero-order valence-electron chi connectivity index (χ0n) is 12.0. The van der Waals surface area contributed by atoms with E-state index in [0.29, 0.717) is 17.7 Å². The summed E-state index contributed by atoms with van der Waals surface area (Å²) in [6.07, 6.45) is 2.77. The zero-order chi connectivity index (χ0) is 18.4. The van der Waals surface area contributed by atoms with Crippen LogP contribution in [0.3, 0.4) is 0 Å².